The zero-order chi connectivity index (χ0) is 24.0. The van der Waals surface area contributed by atoms with Crippen molar-refractivity contribution >= 4 is 49.3 Å². The summed E-state index contributed by atoms with van der Waals surface area (Å²) in [7, 11) is 1.90. The van der Waals surface area contributed by atoms with Gasteiger partial charge in [0.05, 0.1) is 27.7 Å². The number of aliphatic hydroxyl groups is 1. The largest absolute Gasteiger partial charge is 0.366 e. The van der Waals surface area contributed by atoms with E-state index in [0.29, 0.717) is 11.1 Å². The molecule has 1 aliphatic carbocycles. The monoisotopic (exact) mass is 499 g/mol. The van der Waals surface area contributed by atoms with Crippen molar-refractivity contribution in [3.05, 3.63) is 47.5 Å². The second-order valence-corrected chi connectivity index (χ2v) is 11.1. The van der Waals surface area contributed by atoms with Crippen LogP contribution in [0.3, 0.4) is 0 Å². The summed E-state index contributed by atoms with van der Waals surface area (Å²) in [4.78, 5) is 13.3. The van der Waals surface area contributed by atoms with Crippen LogP contribution >= 0.6 is 22.9 Å². The van der Waals surface area contributed by atoms with Crippen molar-refractivity contribution in [3.8, 4) is 0 Å². The number of ether oxygens (including phenoxy) is 1. The van der Waals surface area contributed by atoms with Crippen LogP contribution in [-0.4, -0.2) is 43.6 Å². The van der Waals surface area contributed by atoms with Gasteiger partial charge in [0.15, 0.2) is 10.9 Å². The van der Waals surface area contributed by atoms with E-state index >= 15 is 0 Å². The van der Waals surface area contributed by atoms with Crippen molar-refractivity contribution in [1.29, 1.82) is 0 Å². The third-order valence-electron chi connectivity index (χ3n) is 6.90. The molecular weight excluding hydrogens is 470 g/mol. The molecule has 1 saturated carbocycles. The molecule has 4 atom stereocenters. The molecule has 5 rings (SSSR count). The summed E-state index contributed by atoms with van der Waals surface area (Å²) in [6.45, 7) is 5.62. The van der Waals surface area contributed by atoms with Crippen molar-refractivity contribution in [2.75, 3.05) is 12.4 Å². The van der Waals surface area contributed by atoms with E-state index in [9.17, 15) is 5.11 Å². The summed E-state index contributed by atoms with van der Waals surface area (Å²) in [6, 6.07) is 8.58. The summed E-state index contributed by atoms with van der Waals surface area (Å²) in [5.41, 5.74) is 3.14. The Morgan fingerprint density at radius 2 is 2.12 bits per heavy atom. The molecule has 0 saturated heterocycles. The zero-order valence-electron chi connectivity index (χ0n) is 19.8. The molecule has 0 unspecified atom stereocenters. The molecule has 7 nitrogen and oxygen atoms in total. The Morgan fingerprint density at radius 1 is 1.29 bits per heavy atom. The van der Waals surface area contributed by atoms with E-state index in [4.69, 9.17) is 16.3 Å². The number of fused-ring (bicyclic) bond motifs is 2. The van der Waals surface area contributed by atoms with E-state index in [2.05, 4.69) is 50.0 Å². The van der Waals surface area contributed by atoms with Gasteiger partial charge in [0.1, 0.15) is 17.1 Å². The normalized spacial score (nSPS) is 23.2. The lowest BCUT2D eigenvalue weighted by molar-refractivity contribution is -0.219. The van der Waals surface area contributed by atoms with Crippen molar-refractivity contribution in [3.63, 3.8) is 0 Å². The molecule has 4 aromatic rings. The van der Waals surface area contributed by atoms with Gasteiger partial charge in [-0.1, -0.05) is 35.9 Å². The number of halogens is 1. The number of aryl methyl sites for hydroxylation is 1. The maximum absolute atomic E-state index is 10.5. The Morgan fingerprint density at radius 3 is 2.88 bits per heavy atom. The van der Waals surface area contributed by atoms with Gasteiger partial charge in [0.2, 0.25) is 0 Å². The minimum atomic E-state index is -1.22. The van der Waals surface area contributed by atoms with Crippen molar-refractivity contribution in [2.24, 2.45) is 11.8 Å². The van der Waals surface area contributed by atoms with Gasteiger partial charge in [-0.05, 0) is 68.7 Å². The van der Waals surface area contributed by atoms with Crippen LogP contribution in [0.2, 0.25) is 5.15 Å². The Hall–Kier alpha value is -2.26. The van der Waals surface area contributed by atoms with Gasteiger partial charge >= 0.3 is 0 Å². The van der Waals surface area contributed by atoms with Gasteiger partial charge in [-0.2, -0.15) is 0 Å². The van der Waals surface area contributed by atoms with E-state index in [1.165, 1.54) is 16.6 Å². The molecule has 0 aliphatic heterocycles. The summed E-state index contributed by atoms with van der Waals surface area (Å²) in [6.07, 6.45) is 6.31. The predicted octanol–water partition coefficient (Wildman–Crippen LogP) is 5.68. The first kappa shape index (κ1) is 23.5. The topological polar surface area (TPSA) is 85.1 Å². The quantitative estimate of drug-likeness (QED) is 0.251. The Labute approximate surface area is 208 Å². The molecule has 0 spiro atoms. The lowest BCUT2D eigenvalue weighted by atomic mass is 9.90. The van der Waals surface area contributed by atoms with Gasteiger partial charge in [0.25, 0.3) is 0 Å². The van der Waals surface area contributed by atoms with Crippen LogP contribution in [0.15, 0.2) is 36.8 Å². The van der Waals surface area contributed by atoms with Crippen LogP contribution in [0.25, 0.3) is 21.3 Å². The number of benzene rings is 1. The third kappa shape index (κ3) is 4.52. The van der Waals surface area contributed by atoms with Gasteiger partial charge < -0.3 is 19.7 Å². The molecule has 1 fully saturated rings. The number of rotatable bonds is 7. The molecule has 34 heavy (non-hydrogen) atoms. The molecule has 0 radical (unpaired) electrons. The third-order valence-corrected chi connectivity index (χ3v) is 8.25. The van der Waals surface area contributed by atoms with Crippen LogP contribution in [0.5, 0.6) is 0 Å². The molecule has 9 heteroatoms. The first-order valence-electron chi connectivity index (χ1n) is 11.7. The zero-order valence-corrected chi connectivity index (χ0v) is 21.4. The van der Waals surface area contributed by atoms with Crippen LogP contribution in [-0.2, 0) is 11.2 Å². The molecule has 0 amide bonds. The number of aromatic nitrogens is 4. The number of nitrogens with zero attached hydrogens (tertiary/aromatic N) is 4. The Balaban J connectivity index is 1.39. The molecule has 2 N–H and O–H groups in total. The fourth-order valence-electron chi connectivity index (χ4n) is 5.24. The summed E-state index contributed by atoms with van der Waals surface area (Å²) < 4.78 is 9.57. The molecule has 3 heterocycles. The first-order valence-corrected chi connectivity index (χ1v) is 12.9. The standard InChI is InChI=1S/C25H30ClN5O2S/c1-14-16(7-5-15-6-8-20-18(11-15)30-24(27-4)34-20)12-19(21(14)33-25(2,3)32)31-10-9-17-22(26)28-13-29-23(17)31/h6,8-11,13-14,16,19,21,32H,5,7,12H2,1-4H3,(H,27,30)/t14-,16+,19-,21-/m1/s1. The van der Waals surface area contributed by atoms with E-state index in [-0.39, 0.29) is 18.1 Å². The van der Waals surface area contributed by atoms with E-state index in [1.54, 1.807) is 25.2 Å². The number of nitrogens with one attached hydrogen (secondary N) is 1. The van der Waals surface area contributed by atoms with Crippen LogP contribution < -0.4 is 5.32 Å². The van der Waals surface area contributed by atoms with Gasteiger partial charge in [0, 0.05) is 13.2 Å². The molecule has 3 aromatic heterocycles. The van der Waals surface area contributed by atoms with Crippen LogP contribution in [0, 0.1) is 11.8 Å². The second-order valence-electron chi connectivity index (χ2n) is 9.69. The molecule has 180 valence electrons. The number of hydrogen-bond donors (Lipinski definition) is 2. The SMILES string of the molecule is CNc1nc2cc(CC[C@H]3C[C@@H](n4ccc5c(Cl)ncnc54)[C@H](OC(C)(C)O)[C@@H]3C)ccc2s1. The highest BCUT2D eigenvalue weighted by Gasteiger charge is 2.44. The highest BCUT2D eigenvalue weighted by Crippen LogP contribution is 2.46. The lowest BCUT2D eigenvalue weighted by Crippen LogP contribution is -2.36. The summed E-state index contributed by atoms with van der Waals surface area (Å²) in [5, 5.41) is 15.8. The van der Waals surface area contributed by atoms with Gasteiger partial charge in [-0.25, -0.2) is 15.0 Å². The number of hydrogen-bond acceptors (Lipinski definition) is 7. The molecule has 1 aromatic carbocycles. The average Bonchev–Trinajstić information content (AvgIpc) is 3.48. The van der Waals surface area contributed by atoms with Crippen LogP contribution in [0.1, 0.15) is 45.2 Å². The molecular formula is C25H30ClN5O2S. The maximum Gasteiger partial charge on any atom is 0.183 e. The summed E-state index contributed by atoms with van der Waals surface area (Å²) in [5.74, 6) is -0.515. The number of anilines is 1. The van der Waals surface area contributed by atoms with Crippen molar-refractivity contribution < 1.29 is 9.84 Å². The predicted molar refractivity (Wildman–Crippen MR) is 138 cm³/mol. The Kier molecular flexibility index (Phi) is 6.27. The van der Waals surface area contributed by atoms with Gasteiger partial charge in [-0.15, -0.1) is 0 Å². The highest BCUT2D eigenvalue weighted by atomic mass is 35.5. The number of thiazole rings is 1. The smallest absolute Gasteiger partial charge is 0.183 e. The van der Waals surface area contributed by atoms with Crippen molar-refractivity contribution in [2.45, 2.75) is 58.0 Å². The van der Waals surface area contributed by atoms with E-state index < -0.39 is 5.79 Å². The maximum atomic E-state index is 10.5. The molecule has 0 bridgehead atoms. The fraction of sp³-hybridized carbons (Fsp3) is 0.480. The Bertz CT molecular complexity index is 1310. The first-order chi connectivity index (χ1) is 16.2. The highest BCUT2D eigenvalue weighted by molar-refractivity contribution is 7.22. The lowest BCUT2D eigenvalue weighted by Gasteiger charge is -2.31. The van der Waals surface area contributed by atoms with Crippen LogP contribution in [0.4, 0.5) is 5.13 Å². The van der Waals surface area contributed by atoms with E-state index in [1.807, 2.05) is 19.3 Å². The summed E-state index contributed by atoms with van der Waals surface area (Å²) >= 11 is 7.97. The minimum absolute atomic E-state index is 0.0501. The van der Waals surface area contributed by atoms with Gasteiger partial charge in [-0.3, -0.25) is 0 Å². The van der Waals surface area contributed by atoms with E-state index in [0.717, 1.165) is 40.9 Å². The fourth-order valence-corrected chi connectivity index (χ4v) is 6.24. The van der Waals surface area contributed by atoms with Crippen molar-refractivity contribution in [1.82, 2.24) is 19.5 Å². The second kappa shape index (κ2) is 9.07. The minimum Gasteiger partial charge on any atom is -0.366 e. The average molecular weight is 500 g/mol. The molecule has 1 aliphatic rings.